The minimum atomic E-state index is -3.66. The van der Waals surface area contributed by atoms with Gasteiger partial charge in [-0.2, -0.15) is 8.42 Å². The second-order valence-electron chi connectivity index (χ2n) is 8.04. The summed E-state index contributed by atoms with van der Waals surface area (Å²) in [6.07, 6.45) is 1.80. The Labute approximate surface area is 171 Å². The Morgan fingerprint density at radius 1 is 1.24 bits per heavy atom. The van der Waals surface area contributed by atoms with Crippen LogP contribution < -0.4 is 5.32 Å². The van der Waals surface area contributed by atoms with Crippen LogP contribution >= 0.6 is 0 Å². The van der Waals surface area contributed by atoms with Gasteiger partial charge in [-0.15, -0.1) is 4.40 Å². The summed E-state index contributed by atoms with van der Waals surface area (Å²) >= 11 is 0. The Bertz CT molecular complexity index is 931. The Hall–Kier alpha value is -2.42. The average molecular weight is 422 g/mol. The van der Waals surface area contributed by atoms with E-state index < -0.39 is 16.0 Å². The van der Waals surface area contributed by atoms with E-state index in [-0.39, 0.29) is 28.9 Å². The molecule has 9 heteroatoms. The lowest BCUT2D eigenvalue weighted by molar-refractivity contribution is -0.154. The molecule has 2 heterocycles. The van der Waals surface area contributed by atoms with Crippen molar-refractivity contribution in [1.29, 1.82) is 0 Å². The van der Waals surface area contributed by atoms with Crippen molar-refractivity contribution in [2.24, 2.45) is 10.3 Å². The Kier molecular flexibility index (Phi) is 5.97. The molecule has 1 saturated heterocycles. The SMILES string of the molecule is CCC(C)(C)NC(=O)COC(=O)C1CCN(C2=NS(=O)(=O)c3ccccc32)CC1. The maximum Gasteiger partial charge on any atom is 0.309 e. The van der Waals surface area contributed by atoms with Crippen molar-refractivity contribution in [3.8, 4) is 0 Å². The van der Waals surface area contributed by atoms with Crippen molar-refractivity contribution < 1.29 is 22.7 Å². The fraction of sp³-hybridized carbons (Fsp3) is 0.550. The standard InChI is InChI=1S/C20H27N3O5S/c1-4-20(2,3)21-17(24)13-28-19(25)14-9-11-23(12-10-14)18-15-7-5-6-8-16(15)29(26,27)22-18/h5-8,14H,4,9-13H2,1-3H3,(H,21,24). The first kappa shape index (κ1) is 21.3. The number of nitrogens with zero attached hydrogens (tertiary/aromatic N) is 2. The Morgan fingerprint density at radius 2 is 1.90 bits per heavy atom. The van der Waals surface area contributed by atoms with Gasteiger partial charge in [0.2, 0.25) is 0 Å². The largest absolute Gasteiger partial charge is 0.455 e. The van der Waals surface area contributed by atoms with E-state index in [1.807, 2.05) is 25.7 Å². The fourth-order valence-electron chi connectivity index (χ4n) is 3.40. The fourth-order valence-corrected chi connectivity index (χ4v) is 4.63. The third-order valence-electron chi connectivity index (χ3n) is 5.45. The predicted molar refractivity (Wildman–Crippen MR) is 108 cm³/mol. The minimum absolute atomic E-state index is 0.220. The topological polar surface area (TPSA) is 105 Å². The molecule has 0 unspecified atom stereocenters. The molecular formula is C20H27N3O5S. The van der Waals surface area contributed by atoms with E-state index in [0.717, 1.165) is 6.42 Å². The average Bonchev–Trinajstić information content (AvgIpc) is 2.97. The molecule has 0 bridgehead atoms. The molecule has 2 aliphatic rings. The van der Waals surface area contributed by atoms with Gasteiger partial charge in [-0.05, 0) is 45.2 Å². The number of rotatable bonds is 5. The van der Waals surface area contributed by atoms with E-state index in [9.17, 15) is 18.0 Å². The number of benzene rings is 1. The molecule has 2 aliphatic heterocycles. The van der Waals surface area contributed by atoms with Crippen molar-refractivity contribution in [1.82, 2.24) is 10.2 Å². The second kappa shape index (κ2) is 8.14. The number of carbonyl (C=O) groups is 2. The molecule has 0 aliphatic carbocycles. The molecular weight excluding hydrogens is 394 g/mol. The monoisotopic (exact) mass is 421 g/mol. The van der Waals surface area contributed by atoms with Gasteiger partial charge in [0.25, 0.3) is 15.9 Å². The zero-order valence-electron chi connectivity index (χ0n) is 17.0. The summed E-state index contributed by atoms with van der Waals surface area (Å²) in [5.41, 5.74) is 0.261. The molecule has 0 radical (unpaired) electrons. The van der Waals surface area contributed by atoms with Crippen LogP contribution in [-0.2, 0) is 24.3 Å². The Morgan fingerprint density at radius 3 is 2.55 bits per heavy atom. The van der Waals surface area contributed by atoms with Gasteiger partial charge in [-0.3, -0.25) is 9.59 Å². The van der Waals surface area contributed by atoms with Crippen LogP contribution in [0.4, 0.5) is 0 Å². The summed E-state index contributed by atoms with van der Waals surface area (Å²) in [4.78, 5) is 26.4. The zero-order valence-corrected chi connectivity index (χ0v) is 17.8. The third kappa shape index (κ3) is 4.77. The molecule has 0 aromatic heterocycles. The van der Waals surface area contributed by atoms with E-state index in [1.54, 1.807) is 24.3 Å². The molecule has 158 valence electrons. The molecule has 1 aromatic rings. The molecule has 1 amide bonds. The van der Waals surface area contributed by atoms with Gasteiger partial charge < -0.3 is 15.0 Å². The number of hydrogen-bond acceptors (Lipinski definition) is 6. The highest BCUT2D eigenvalue weighted by Crippen LogP contribution is 2.29. The molecule has 0 spiro atoms. The van der Waals surface area contributed by atoms with Crippen LogP contribution in [0.2, 0.25) is 0 Å². The predicted octanol–water partition coefficient (Wildman–Crippen LogP) is 1.70. The number of amides is 1. The van der Waals surface area contributed by atoms with Crippen molar-refractivity contribution in [3.63, 3.8) is 0 Å². The van der Waals surface area contributed by atoms with Crippen LogP contribution in [0.15, 0.2) is 33.6 Å². The van der Waals surface area contributed by atoms with Gasteiger partial charge in [-0.1, -0.05) is 19.1 Å². The number of hydrogen-bond donors (Lipinski definition) is 1. The van der Waals surface area contributed by atoms with Crippen molar-refractivity contribution >= 4 is 27.7 Å². The summed E-state index contributed by atoms with van der Waals surface area (Å²) < 4.78 is 33.6. The van der Waals surface area contributed by atoms with Crippen LogP contribution in [0.5, 0.6) is 0 Å². The first-order valence-corrected chi connectivity index (χ1v) is 11.2. The summed E-state index contributed by atoms with van der Waals surface area (Å²) in [6.45, 7) is 6.49. The van der Waals surface area contributed by atoms with Gasteiger partial charge in [0.15, 0.2) is 12.4 Å². The van der Waals surface area contributed by atoms with Crippen LogP contribution in [0.1, 0.15) is 45.6 Å². The van der Waals surface area contributed by atoms with Crippen LogP contribution in [0, 0.1) is 5.92 Å². The maximum atomic E-state index is 12.3. The number of ether oxygens (including phenoxy) is 1. The summed E-state index contributed by atoms with van der Waals surface area (Å²) in [5.74, 6) is -0.582. The molecule has 1 aromatic carbocycles. The van der Waals surface area contributed by atoms with Gasteiger partial charge in [0, 0.05) is 24.2 Å². The van der Waals surface area contributed by atoms with Crippen molar-refractivity contribution in [2.75, 3.05) is 19.7 Å². The number of esters is 1. The number of piperidine rings is 1. The van der Waals surface area contributed by atoms with E-state index in [4.69, 9.17) is 4.74 Å². The zero-order chi connectivity index (χ0) is 21.2. The molecule has 1 fully saturated rings. The second-order valence-corrected chi connectivity index (χ2v) is 9.61. The minimum Gasteiger partial charge on any atom is -0.455 e. The summed E-state index contributed by atoms with van der Waals surface area (Å²) in [6, 6.07) is 6.75. The van der Waals surface area contributed by atoms with Crippen LogP contribution in [0.3, 0.4) is 0 Å². The Balaban J connectivity index is 1.54. The lowest BCUT2D eigenvalue weighted by atomic mass is 9.96. The number of fused-ring (bicyclic) bond motifs is 1. The van der Waals surface area contributed by atoms with Crippen LogP contribution in [-0.4, -0.2) is 56.3 Å². The summed E-state index contributed by atoms with van der Waals surface area (Å²) in [5, 5.41) is 2.83. The van der Waals surface area contributed by atoms with E-state index >= 15 is 0 Å². The van der Waals surface area contributed by atoms with Crippen LogP contribution in [0.25, 0.3) is 0 Å². The van der Waals surface area contributed by atoms with E-state index in [1.165, 1.54) is 0 Å². The highest BCUT2D eigenvalue weighted by molar-refractivity contribution is 7.90. The normalized spacial score (nSPS) is 18.7. The highest BCUT2D eigenvalue weighted by Gasteiger charge is 2.35. The first-order chi connectivity index (χ1) is 13.6. The summed E-state index contributed by atoms with van der Waals surface area (Å²) in [7, 11) is -3.66. The quantitative estimate of drug-likeness (QED) is 0.726. The van der Waals surface area contributed by atoms with E-state index in [2.05, 4.69) is 9.71 Å². The number of nitrogens with one attached hydrogen (secondary N) is 1. The number of sulfonamides is 1. The number of likely N-dealkylation sites (tertiary alicyclic amines) is 1. The number of amidine groups is 1. The van der Waals surface area contributed by atoms with Crippen molar-refractivity contribution in [2.45, 2.75) is 50.5 Å². The molecule has 29 heavy (non-hydrogen) atoms. The molecule has 8 nitrogen and oxygen atoms in total. The van der Waals surface area contributed by atoms with Gasteiger partial charge in [0.05, 0.1) is 5.92 Å². The van der Waals surface area contributed by atoms with Gasteiger partial charge >= 0.3 is 5.97 Å². The van der Waals surface area contributed by atoms with Gasteiger partial charge in [0.1, 0.15) is 4.90 Å². The third-order valence-corrected chi connectivity index (χ3v) is 6.77. The lowest BCUT2D eigenvalue weighted by Crippen LogP contribution is -2.45. The smallest absolute Gasteiger partial charge is 0.309 e. The lowest BCUT2D eigenvalue weighted by Gasteiger charge is -2.32. The molecule has 0 atom stereocenters. The molecule has 0 saturated carbocycles. The highest BCUT2D eigenvalue weighted by atomic mass is 32.2. The molecule has 3 rings (SSSR count). The molecule has 1 N–H and O–H groups in total. The number of carbonyl (C=O) groups excluding carboxylic acids is 2. The van der Waals surface area contributed by atoms with Crippen molar-refractivity contribution in [3.05, 3.63) is 29.8 Å². The van der Waals surface area contributed by atoms with Gasteiger partial charge in [-0.25, -0.2) is 0 Å². The van der Waals surface area contributed by atoms with E-state index in [0.29, 0.717) is 37.3 Å². The maximum absolute atomic E-state index is 12.3. The first-order valence-electron chi connectivity index (χ1n) is 9.80.